The topological polar surface area (TPSA) is 75.3 Å². The molecule has 6 heteroatoms. The van der Waals surface area contributed by atoms with Crippen LogP contribution in [0.3, 0.4) is 0 Å². The Kier molecular flexibility index (Phi) is 6.08. The van der Waals surface area contributed by atoms with Crippen molar-refractivity contribution in [1.29, 1.82) is 0 Å². The van der Waals surface area contributed by atoms with Gasteiger partial charge in [0.15, 0.2) is 9.84 Å². The molecule has 0 spiro atoms. The molecule has 0 aromatic rings. The lowest BCUT2D eigenvalue weighted by atomic mass is 9.91. The van der Waals surface area contributed by atoms with Gasteiger partial charge in [-0.1, -0.05) is 6.92 Å². The first kappa shape index (κ1) is 15.4. The van der Waals surface area contributed by atoms with Crippen LogP contribution in [0.4, 0.5) is 0 Å². The van der Waals surface area contributed by atoms with E-state index in [4.69, 9.17) is 0 Å². The lowest BCUT2D eigenvalue weighted by Crippen LogP contribution is -2.43. The van der Waals surface area contributed by atoms with Crippen LogP contribution in [0.2, 0.25) is 0 Å². The molecule has 0 unspecified atom stereocenters. The number of sulfone groups is 1. The summed E-state index contributed by atoms with van der Waals surface area (Å²) in [5, 5.41) is 6.28. The second-order valence-corrected chi connectivity index (χ2v) is 7.28. The van der Waals surface area contributed by atoms with E-state index in [2.05, 4.69) is 17.6 Å². The van der Waals surface area contributed by atoms with Crippen molar-refractivity contribution >= 4 is 15.7 Å². The highest BCUT2D eigenvalue weighted by Gasteiger charge is 2.22. The molecule has 1 aliphatic rings. The Morgan fingerprint density at radius 2 is 1.72 bits per heavy atom. The van der Waals surface area contributed by atoms with Gasteiger partial charge in [0, 0.05) is 18.3 Å². The average molecular weight is 276 g/mol. The molecule has 18 heavy (non-hydrogen) atoms. The van der Waals surface area contributed by atoms with E-state index < -0.39 is 15.6 Å². The minimum Gasteiger partial charge on any atom is -0.352 e. The zero-order chi connectivity index (χ0) is 13.6. The van der Waals surface area contributed by atoms with Gasteiger partial charge in [-0.25, -0.2) is 8.42 Å². The van der Waals surface area contributed by atoms with Crippen LogP contribution in [0, 0.1) is 0 Å². The normalized spacial score (nSPS) is 24.8. The summed E-state index contributed by atoms with van der Waals surface area (Å²) in [7, 11) is -3.22. The molecule has 0 saturated heterocycles. The summed E-state index contributed by atoms with van der Waals surface area (Å²) in [5.74, 6) is -0.774. The quantitative estimate of drug-likeness (QED) is 0.739. The maximum Gasteiger partial charge on any atom is 0.235 e. The number of carbonyl (C=O) groups excluding carboxylic acids is 1. The van der Waals surface area contributed by atoms with Gasteiger partial charge in [0.25, 0.3) is 0 Å². The molecule has 0 atom stereocenters. The van der Waals surface area contributed by atoms with Crippen LogP contribution in [-0.2, 0) is 14.6 Å². The molecule has 1 saturated carbocycles. The Balaban J connectivity index is 2.25. The number of hydrogen-bond acceptors (Lipinski definition) is 4. The third-order valence-corrected chi connectivity index (χ3v) is 3.96. The van der Waals surface area contributed by atoms with Gasteiger partial charge in [0.1, 0.15) is 5.75 Å². The van der Waals surface area contributed by atoms with Gasteiger partial charge in [0.05, 0.1) is 0 Å². The first-order valence-corrected chi connectivity index (χ1v) is 8.67. The van der Waals surface area contributed by atoms with Crippen molar-refractivity contribution in [3.8, 4) is 0 Å². The van der Waals surface area contributed by atoms with Crippen LogP contribution in [0.5, 0.6) is 0 Å². The zero-order valence-corrected chi connectivity index (χ0v) is 12.1. The predicted octanol–water partition coefficient (Wildman–Crippen LogP) is 0.458. The molecule has 1 rings (SSSR count). The van der Waals surface area contributed by atoms with E-state index >= 15 is 0 Å². The molecule has 0 heterocycles. The standard InChI is InChI=1S/C12H24N2O3S/c1-3-8-13-10-4-6-11(7-5-10)14-12(15)9-18(2,16)17/h10-11,13H,3-9H2,1-2H3,(H,14,15). The predicted molar refractivity (Wildman–Crippen MR) is 72.2 cm³/mol. The van der Waals surface area contributed by atoms with E-state index in [0.29, 0.717) is 6.04 Å². The second-order valence-electron chi connectivity index (χ2n) is 5.14. The molecule has 1 fully saturated rings. The minimum absolute atomic E-state index is 0.138. The summed E-state index contributed by atoms with van der Waals surface area (Å²) >= 11 is 0. The summed E-state index contributed by atoms with van der Waals surface area (Å²) in [4.78, 5) is 11.5. The maximum absolute atomic E-state index is 11.5. The molecule has 0 aromatic heterocycles. The second kappa shape index (κ2) is 7.09. The minimum atomic E-state index is -3.22. The lowest BCUT2D eigenvalue weighted by Gasteiger charge is -2.29. The van der Waals surface area contributed by atoms with Gasteiger partial charge in [0.2, 0.25) is 5.91 Å². The zero-order valence-electron chi connectivity index (χ0n) is 11.2. The van der Waals surface area contributed by atoms with Gasteiger partial charge >= 0.3 is 0 Å². The Labute approximate surface area is 110 Å². The highest BCUT2D eigenvalue weighted by molar-refractivity contribution is 7.91. The van der Waals surface area contributed by atoms with E-state index in [0.717, 1.165) is 44.9 Å². The van der Waals surface area contributed by atoms with Crippen LogP contribution in [0.1, 0.15) is 39.0 Å². The van der Waals surface area contributed by atoms with Crippen molar-refractivity contribution < 1.29 is 13.2 Å². The molecule has 0 aliphatic heterocycles. The number of amides is 1. The first-order valence-electron chi connectivity index (χ1n) is 6.61. The van der Waals surface area contributed by atoms with Crippen LogP contribution >= 0.6 is 0 Å². The molecule has 1 aliphatic carbocycles. The SMILES string of the molecule is CCCNC1CCC(NC(=O)CS(C)(=O)=O)CC1. The smallest absolute Gasteiger partial charge is 0.235 e. The fraction of sp³-hybridized carbons (Fsp3) is 0.917. The molecule has 0 radical (unpaired) electrons. The summed E-state index contributed by atoms with van der Waals surface area (Å²) in [6.07, 6.45) is 6.16. The average Bonchev–Trinajstić information content (AvgIpc) is 2.25. The molecule has 5 nitrogen and oxygen atoms in total. The van der Waals surface area contributed by atoms with Crippen molar-refractivity contribution in [2.75, 3.05) is 18.6 Å². The van der Waals surface area contributed by atoms with E-state index in [-0.39, 0.29) is 11.9 Å². The fourth-order valence-corrected chi connectivity index (χ4v) is 2.86. The van der Waals surface area contributed by atoms with Crippen LogP contribution in [0.25, 0.3) is 0 Å². The van der Waals surface area contributed by atoms with Crippen molar-refractivity contribution in [3.63, 3.8) is 0 Å². The molecule has 0 bridgehead atoms. The highest BCUT2D eigenvalue weighted by atomic mass is 32.2. The first-order chi connectivity index (χ1) is 8.40. The summed E-state index contributed by atoms with van der Waals surface area (Å²) in [6.45, 7) is 3.18. The van der Waals surface area contributed by atoms with Gasteiger partial charge < -0.3 is 10.6 Å². The van der Waals surface area contributed by atoms with Crippen molar-refractivity contribution in [2.24, 2.45) is 0 Å². The van der Waals surface area contributed by atoms with Crippen molar-refractivity contribution in [3.05, 3.63) is 0 Å². The number of hydrogen-bond donors (Lipinski definition) is 2. The van der Waals surface area contributed by atoms with Gasteiger partial charge in [-0.05, 0) is 38.6 Å². The van der Waals surface area contributed by atoms with E-state index in [1.807, 2.05) is 0 Å². The molecule has 0 aromatic carbocycles. The van der Waals surface area contributed by atoms with E-state index in [9.17, 15) is 13.2 Å². The molecule has 2 N–H and O–H groups in total. The largest absolute Gasteiger partial charge is 0.352 e. The highest BCUT2D eigenvalue weighted by Crippen LogP contribution is 2.18. The number of rotatable bonds is 6. The van der Waals surface area contributed by atoms with Crippen LogP contribution in [-0.4, -0.2) is 45.0 Å². The van der Waals surface area contributed by atoms with Gasteiger partial charge in [-0.15, -0.1) is 0 Å². The summed E-state index contributed by atoms with van der Waals surface area (Å²) in [5.41, 5.74) is 0. The Hall–Kier alpha value is -0.620. The van der Waals surface area contributed by atoms with Crippen LogP contribution < -0.4 is 10.6 Å². The van der Waals surface area contributed by atoms with Gasteiger partial charge in [-0.3, -0.25) is 4.79 Å². The molecule has 106 valence electrons. The summed E-state index contributed by atoms with van der Waals surface area (Å²) in [6, 6.07) is 0.687. The lowest BCUT2D eigenvalue weighted by molar-refractivity contribution is -0.119. The Morgan fingerprint density at radius 3 is 2.22 bits per heavy atom. The number of nitrogens with one attached hydrogen (secondary N) is 2. The molecule has 1 amide bonds. The van der Waals surface area contributed by atoms with Crippen molar-refractivity contribution in [1.82, 2.24) is 10.6 Å². The summed E-state index contributed by atoms with van der Waals surface area (Å²) < 4.78 is 22.0. The van der Waals surface area contributed by atoms with E-state index in [1.165, 1.54) is 0 Å². The number of carbonyl (C=O) groups is 1. The molecular formula is C12H24N2O3S. The fourth-order valence-electron chi connectivity index (χ4n) is 2.30. The Morgan fingerprint density at radius 1 is 1.17 bits per heavy atom. The van der Waals surface area contributed by atoms with Crippen LogP contribution in [0.15, 0.2) is 0 Å². The van der Waals surface area contributed by atoms with E-state index in [1.54, 1.807) is 0 Å². The Bertz CT molecular complexity index is 360. The monoisotopic (exact) mass is 276 g/mol. The third kappa shape index (κ3) is 6.35. The molecular weight excluding hydrogens is 252 g/mol. The maximum atomic E-state index is 11.5. The third-order valence-electron chi connectivity index (χ3n) is 3.17. The van der Waals surface area contributed by atoms with Crippen molar-refractivity contribution in [2.45, 2.75) is 51.1 Å². The van der Waals surface area contributed by atoms with Gasteiger partial charge in [-0.2, -0.15) is 0 Å².